The molecule has 2 heterocycles. The second-order valence-electron chi connectivity index (χ2n) is 13.9. The van der Waals surface area contributed by atoms with Crippen molar-refractivity contribution in [2.24, 2.45) is 28.3 Å². The van der Waals surface area contributed by atoms with Gasteiger partial charge in [-0.05, 0) is 70.3 Å². The number of hydrogen-bond acceptors (Lipinski definition) is 8. The Morgan fingerprint density at radius 3 is 2.21 bits per heavy atom. The van der Waals surface area contributed by atoms with Gasteiger partial charge in [0.05, 0.1) is 6.26 Å². The van der Waals surface area contributed by atoms with E-state index in [-0.39, 0.29) is 30.8 Å². The Morgan fingerprint density at radius 2 is 1.67 bits per heavy atom. The number of sulfonamides is 1. The minimum atomic E-state index is -3.86. The number of primary amides is 1. The number of carbonyl (C=O) groups excluding carboxylic acids is 4. The van der Waals surface area contributed by atoms with E-state index in [1.54, 1.807) is 39.5 Å². The molecule has 1 aromatic rings. The molecule has 268 valence electrons. The van der Waals surface area contributed by atoms with Gasteiger partial charge in [-0.3, -0.25) is 19.8 Å². The van der Waals surface area contributed by atoms with E-state index in [4.69, 9.17) is 16.2 Å². The molecular formula is C32H52N8O7S. The number of aliphatic imine (C=N–C) groups is 1. The number of nitrogens with one attached hydrogen (secondary N) is 2. The molecule has 0 unspecified atom stereocenters. The van der Waals surface area contributed by atoms with Crippen molar-refractivity contribution in [3.8, 4) is 0 Å². The molecular weight excluding hydrogens is 640 g/mol. The zero-order valence-electron chi connectivity index (χ0n) is 28.8. The number of carbonyl (C=O) groups is 4. The normalized spacial score (nSPS) is 19.3. The molecule has 16 heteroatoms. The maximum absolute atomic E-state index is 14.0. The van der Waals surface area contributed by atoms with Crippen molar-refractivity contribution in [3.63, 3.8) is 0 Å². The predicted octanol–water partition coefficient (Wildman–Crippen LogP) is 0.943. The summed E-state index contributed by atoms with van der Waals surface area (Å²) in [5, 5.41) is 0. The van der Waals surface area contributed by atoms with Crippen LogP contribution in [0, 0.1) is 11.8 Å². The molecule has 0 spiro atoms. The number of nitrogens with two attached hydrogens (primary N) is 2. The molecule has 4 amide bonds. The summed E-state index contributed by atoms with van der Waals surface area (Å²) in [4.78, 5) is 58.5. The van der Waals surface area contributed by atoms with Gasteiger partial charge in [0.25, 0.3) is 5.91 Å². The average molecular weight is 693 g/mol. The Bertz CT molecular complexity index is 1420. The van der Waals surface area contributed by atoms with Crippen molar-refractivity contribution >= 4 is 39.8 Å². The summed E-state index contributed by atoms with van der Waals surface area (Å²) in [6, 6.07) is 6.48. The summed E-state index contributed by atoms with van der Waals surface area (Å²) in [5.41, 5.74) is 17.0. The van der Waals surface area contributed by atoms with Crippen molar-refractivity contribution in [2.45, 2.75) is 90.4 Å². The van der Waals surface area contributed by atoms with Crippen molar-refractivity contribution in [2.75, 3.05) is 32.4 Å². The molecule has 2 fully saturated rings. The van der Waals surface area contributed by atoms with Crippen LogP contribution in [0.15, 0.2) is 35.3 Å². The van der Waals surface area contributed by atoms with E-state index in [0.29, 0.717) is 45.3 Å². The maximum atomic E-state index is 14.0. The van der Waals surface area contributed by atoms with Crippen LogP contribution in [0.1, 0.15) is 65.9 Å². The molecule has 3 atom stereocenters. The fourth-order valence-electron chi connectivity index (χ4n) is 5.97. The van der Waals surface area contributed by atoms with E-state index < -0.39 is 57.6 Å². The predicted molar refractivity (Wildman–Crippen MR) is 181 cm³/mol. The second kappa shape index (κ2) is 16.6. The number of amides is 4. The Labute approximate surface area is 283 Å². The largest absolute Gasteiger partial charge is 0.443 e. The average Bonchev–Trinajstić information content (AvgIpc) is 3.48. The van der Waals surface area contributed by atoms with Crippen molar-refractivity contribution in [1.29, 1.82) is 0 Å². The number of rotatable bonds is 12. The Morgan fingerprint density at radius 1 is 1.04 bits per heavy atom. The smallest absolute Gasteiger partial charge is 0.422 e. The topological polar surface area (TPSA) is 210 Å². The van der Waals surface area contributed by atoms with Gasteiger partial charge in [-0.2, -0.15) is 9.30 Å². The summed E-state index contributed by atoms with van der Waals surface area (Å²) >= 11 is 0. The molecule has 48 heavy (non-hydrogen) atoms. The van der Waals surface area contributed by atoms with Crippen LogP contribution in [0.2, 0.25) is 0 Å². The molecule has 0 radical (unpaired) electrons. The monoisotopic (exact) mass is 692 g/mol. The Kier molecular flexibility index (Phi) is 13.4. The standard InChI is InChI=1S/C32H52N8O7S/c1-21(2)26(36-37-31(44)47-32(3,4)5)28(42)35-30(34)38-17-14-23(15-18-38)20-40(48(6,45)46)25(19-22-11-8-7-9-12-22)29(43)39-16-10-13-24(39)27(33)41/h7-9,11-12,21,23-26,36H,10,13-20H2,1-6H3,(H2,33,41)(H,37,44)(H2,34,35,42)/t24-,25+,26-/m0/s1. The first kappa shape index (κ1) is 38.7. The van der Waals surface area contributed by atoms with Crippen molar-refractivity contribution < 1.29 is 32.3 Å². The van der Waals surface area contributed by atoms with E-state index in [0.717, 1.165) is 11.8 Å². The molecule has 3 rings (SSSR count). The molecule has 0 aromatic heterocycles. The quantitative estimate of drug-likeness (QED) is 0.138. The number of ether oxygens (including phenoxy) is 1. The number of likely N-dealkylation sites (tertiary alicyclic amines) is 2. The first-order valence-electron chi connectivity index (χ1n) is 16.4. The lowest BCUT2D eigenvalue weighted by Gasteiger charge is -2.38. The first-order valence-corrected chi connectivity index (χ1v) is 18.2. The van der Waals surface area contributed by atoms with E-state index >= 15 is 0 Å². The Balaban J connectivity index is 1.71. The molecule has 1 aromatic carbocycles. The highest BCUT2D eigenvalue weighted by Crippen LogP contribution is 2.26. The van der Waals surface area contributed by atoms with Crippen LogP contribution in [0.5, 0.6) is 0 Å². The number of hydrogen-bond donors (Lipinski definition) is 4. The SMILES string of the molecule is CC(C)[C@H](NNC(=O)OC(C)(C)C)C(=O)N=C(N)N1CCC(CN([C@H](Cc2ccccc2)C(=O)N2CCC[C@H]2C(N)=O)S(C)(=O)=O)CC1. The lowest BCUT2D eigenvalue weighted by Crippen LogP contribution is -2.56. The van der Waals surface area contributed by atoms with Gasteiger partial charge in [0.15, 0.2) is 5.96 Å². The van der Waals surface area contributed by atoms with Crippen molar-refractivity contribution in [1.82, 2.24) is 25.0 Å². The van der Waals surface area contributed by atoms with Crippen LogP contribution in [-0.4, -0.2) is 108 Å². The van der Waals surface area contributed by atoms with Gasteiger partial charge in [0, 0.05) is 26.2 Å². The van der Waals surface area contributed by atoms with Crippen LogP contribution >= 0.6 is 0 Å². The molecule has 2 saturated heterocycles. The zero-order valence-corrected chi connectivity index (χ0v) is 29.7. The number of piperidine rings is 1. The molecule has 2 aliphatic heterocycles. The van der Waals surface area contributed by atoms with Crippen LogP contribution in [-0.2, 0) is 35.6 Å². The Hall–Kier alpha value is -3.76. The fourth-order valence-corrected chi connectivity index (χ4v) is 7.08. The molecule has 0 bridgehead atoms. The number of benzene rings is 1. The lowest BCUT2D eigenvalue weighted by atomic mass is 9.95. The summed E-state index contributed by atoms with van der Waals surface area (Å²) in [7, 11) is -3.86. The van der Waals surface area contributed by atoms with Gasteiger partial charge < -0.3 is 26.0 Å². The summed E-state index contributed by atoms with van der Waals surface area (Å²) in [6.45, 7) is 10.0. The highest BCUT2D eigenvalue weighted by Gasteiger charge is 2.42. The molecule has 0 aliphatic carbocycles. The number of hydrazine groups is 1. The third-order valence-electron chi connectivity index (χ3n) is 8.46. The van der Waals surface area contributed by atoms with Gasteiger partial charge in [0.1, 0.15) is 23.7 Å². The zero-order chi connectivity index (χ0) is 35.8. The minimum absolute atomic E-state index is 0.0202. The van der Waals surface area contributed by atoms with Gasteiger partial charge in [-0.15, -0.1) is 0 Å². The highest BCUT2D eigenvalue weighted by atomic mass is 32.2. The molecule has 15 nitrogen and oxygen atoms in total. The lowest BCUT2D eigenvalue weighted by molar-refractivity contribution is -0.140. The van der Waals surface area contributed by atoms with E-state index in [9.17, 15) is 27.6 Å². The number of guanidine groups is 1. The summed E-state index contributed by atoms with van der Waals surface area (Å²) in [6.07, 6.45) is 2.61. The summed E-state index contributed by atoms with van der Waals surface area (Å²) < 4.78 is 33.0. The van der Waals surface area contributed by atoms with Crippen LogP contribution < -0.4 is 22.3 Å². The van der Waals surface area contributed by atoms with Crippen LogP contribution in [0.3, 0.4) is 0 Å². The third-order valence-corrected chi connectivity index (χ3v) is 9.71. The summed E-state index contributed by atoms with van der Waals surface area (Å²) in [5.74, 6) is -1.94. The molecule has 6 N–H and O–H groups in total. The highest BCUT2D eigenvalue weighted by molar-refractivity contribution is 7.88. The van der Waals surface area contributed by atoms with Gasteiger partial charge in [-0.1, -0.05) is 44.2 Å². The first-order chi connectivity index (χ1) is 22.4. The molecule has 0 saturated carbocycles. The second-order valence-corrected chi connectivity index (χ2v) is 15.8. The van der Waals surface area contributed by atoms with Crippen LogP contribution in [0.4, 0.5) is 4.79 Å². The van der Waals surface area contributed by atoms with Gasteiger partial charge in [0.2, 0.25) is 21.8 Å². The third kappa shape index (κ3) is 11.2. The van der Waals surface area contributed by atoms with Gasteiger partial charge >= 0.3 is 6.09 Å². The minimum Gasteiger partial charge on any atom is -0.443 e. The van der Waals surface area contributed by atoms with Crippen molar-refractivity contribution in [3.05, 3.63) is 35.9 Å². The van der Waals surface area contributed by atoms with E-state index in [1.165, 1.54) is 9.21 Å². The fraction of sp³-hybridized carbons (Fsp3) is 0.656. The van der Waals surface area contributed by atoms with Gasteiger partial charge in [-0.25, -0.2) is 18.6 Å². The van der Waals surface area contributed by atoms with Crippen LogP contribution in [0.25, 0.3) is 0 Å². The van der Waals surface area contributed by atoms with E-state index in [1.807, 2.05) is 30.3 Å². The van der Waals surface area contributed by atoms with E-state index in [2.05, 4.69) is 15.8 Å². The number of nitrogens with zero attached hydrogens (tertiary/aromatic N) is 4. The molecule has 2 aliphatic rings. The maximum Gasteiger partial charge on any atom is 0.422 e.